The first-order chi connectivity index (χ1) is 23.9. The van der Waals surface area contributed by atoms with Crippen molar-refractivity contribution in [2.24, 2.45) is 5.92 Å². The predicted octanol–water partition coefficient (Wildman–Crippen LogP) is 6.76. The van der Waals surface area contributed by atoms with E-state index in [0.717, 1.165) is 27.4 Å². The first-order valence-corrected chi connectivity index (χ1v) is 16.5. The zero-order chi connectivity index (χ0) is 33.9. The summed E-state index contributed by atoms with van der Waals surface area (Å²) in [5, 5.41) is 15.0. The Morgan fingerprint density at radius 3 is 2.73 bits per heavy atom. The molecular formula is C38H33ClFN5O4. The van der Waals surface area contributed by atoms with Crippen molar-refractivity contribution < 1.29 is 23.8 Å². The van der Waals surface area contributed by atoms with Gasteiger partial charge in [0.05, 0.1) is 63.8 Å². The highest BCUT2D eigenvalue weighted by molar-refractivity contribution is 6.30. The van der Waals surface area contributed by atoms with Crippen LogP contribution in [-0.2, 0) is 20.7 Å². The Balaban J connectivity index is 1.28. The minimum Gasteiger partial charge on any atom is -0.396 e. The van der Waals surface area contributed by atoms with E-state index < -0.39 is 17.6 Å². The minimum atomic E-state index is -1.01. The van der Waals surface area contributed by atoms with Crippen molar-refractivity contribution in [1.82, 2.24) is 15.0 Å². The van der Waals surface area contributed by atoms with Gasteiger partial charge in [0, 0.05) is 34.9 Å². The molecule has 1 fully saturated rings. The van der Waals surface area contributed by atoms with Gasteiger partial charge in [-0.2, -0.15) is 0 Å². The van der Waals surface area contributed by atoms with Gasteiger partial charge in [0.25, 0.3) is 0 Å². The lowest BCUT2D eigenvalue weighted by Crippen LogP contribution is -2.46. The number of morpholine rings is 1. The quantitative estimate of drug-likeness (QED) is 0.0928. The van der Waals surface area contributed by atoms with Crippen molar-refractivity contribution in [3.8, 4) is 11.3 Å². The van der Waals surface area contributed by atoms with Gasteiger partial charge in [-0.05, 0) is 67.3 Å². The average molecular weight is 678 g/mol. The van der Waals surface area contributed by atoms with Gasteiger partial charge in [-0.1, -0.05) is 48.0 Å². The topological polar surface area (TPSA) is 118 Å². The van der Waals surface area contributed by atoms with Gasteiger partial charge in [-0.3, -0.25) is 4.79 Å². The standard InChI is InChI=1S/C38H33ClFN5O4/c39-30-11-10-25(17-31(30)40)37-29-18-35(36(19-34(29)41-22-42-37)45-12-14-49-21-27(45)7-4-13-46)44-38(48)26(20-47)15-23-6-3-9-33-28(23)16-24-5-1-2-8-32(24)43-33/h1-3,5-6,8-11,16-20,22,26-27,46H,4,7,12-15,21H2,(H,44,48). The molecule has 6 aromatic rings. The Bertz CT molecular complexity index is 2200. The van der Waals surface area contributed by atoms with Gasteiger partial charge < -0.3 is 24.9 Å². The van der Waals surface area contributed by atoms with Crippen LogP contribution < -0.4 is 10.2 Å². The Morgan fingerprint density at radius 2 is 1.90 bits per heavy atom. The number of pyridine rings is 1. The molecule has 2 aromatic heterocycles. The van der Waals surface area contributed by atoms with E-state index in [0.29, 0.717) is 72.4 Å². The number of ether oxygens (including phenoxy) is 1. The average Bonchev–Trinajstić information content (AvgIpc) is 3.13. The Labute approximate surface area is 286 Å². The number of halogens is 2. The third kappa shape index (κ3) is 6.67. The molecule has 1 aliphatic heterocycles. The SMILES string of the molecule is O=CC(Cc1cccc2nc3ccccc3cc12)C(=O)Nc1cc2c(-c3ccc(Cl)c(F)c3)ncnc2cc1N1CCOCC1CCCO. The molecule has 2 unspecified atom stereocenters. The van der Waals surface area contributed by atoms with E-state index in [1.54, 1.807) is 12.1 Å². The molecule has 0 radical (unpaired) electrons. The number of amides is 1. The number of benzene rings is 4. The molecule has 49 heavy (non-hydrogen) atoms. The monoisotopic (exact) mass is 677 g/mol. The van der Waals surface area contributed by atoms with Gasteiger partial charge in [0.2, 0.25) is 5.91 Å². The molecule has 0 spiro atoms. The van der Waals surface area contributed by atoms with Crippen LogP contribution in [0.3, 0.4) is 0 Å². The summed E-state index contributed by atoms with van der Waals surface area (Å²) in [7, 11) is 0. The fourth-order valence-corrected chi connectivity index (χ4v) is 6.66. The van der Waals surface area contributed by atoms with E-state index in [9.17, 15) is 19.1 Å². The Morgan fingerprint density at radius 1 is 1.04 bits per heavy atom. The molecule has 9 nitrogen and oxygen atoms in total. The van der Waals surface area contributed by atoms with E-state index in [1.165, 1.54) is 18.5 Å². The summed E-state index contributed by atoms with van der Waals surface area (Å²) in [5.41, 5.74) is 5.18. The Hall–Kier alpha value is -5.03. The molecule has 0 bridgehead atoms. The molecule has 4 aromatic carbocycles. The van der Waals surface area contributed by atoms with Crippen LogP contribution in [0.1, 0.15) is 18.4 Å². The number of carbonyl (C=O) groups excluding carboxylic acids is 2. The number of rotatable bonds is 10. The maximum absolute atomic E-state index is 14.5. The normalized spacial score (nSPS) is 15.5. The largest absolute Gasteiger partial charge is 0.396 e. The van der Waals surface area contributed by atoms with Crippen LogP contribution in [0.15, 0.2) is 85.2 Å². The van der Waals surface area contributed by atoms with Gasteiger partial charge in [0.1, 0.15) is 18.4 Å². The summed E-state index contributed by atoms with van der Waals surface area (Å²) in [5.74, 6) is -2.06. The summed E-state index contributed by atoms with van der Waals surface area (Å²) in [6.45, 7) is 1.51. The number of para-hydroxylation sites is 1. The van der Waals surface area contributed by atoms with Gasteiger partial charge in [-0.15, -0.1) is 0 Å². The number of hydrogen-bond donors (Lipinski definition) is 2. The number of aliphatic hydroxyl groups is 1. The number of carbonyl (C=O) groups is 2. The molecule has 0 saturated carbocycles. The van der Waals surface area contributed by atoms with E-state index >= 15 is 0 Å². The van der Waals surface area contributed by atoms with Crippen LogP contribution in [0.4, 0.5) is 15.8 Å². The maximum atomic E-state index is 14.5. The second-order valence-electron chi connectivity index (χ2n) is 12.1. The molecule has 1 saturated heterocycles. The number of fused-ring (bicyclic) bond motifs is 3. The first kappa shape index (κ1) is 32.5. The van der Waals surface area contributed by atoms with Gasteiger partial charge in [-0.25, -0.2) is 19.3 Å². The number of nitrogens with zero attached hydrogens (tertiary/aromatic N) is 4. The fourth-order valence-electron chi connectivity index (χ4n) is 6.54. The van der Waals surface area contributed by atoms with Crippen LogP contribution in [0, 0.1) is 11.7 Å². The van der Waals surface area contributed by atoms with Crippen LogP contribution in [0.5, 0.6) is 0 Å². The van der Waals surface area contributed by atoms with Crippen molar-refractivity contribution in [2.45, 2.75) is 25.3 Å². The lowest BCUT2D eigenvalue weighted by molar-refractivity contribution is -0.125. The summed E-state index contributed by atoms with van der Waals surface area (Å²) in [6.07, 6.45) is 3.51. The summed E-state index contributed by atoms with van der Waals surface area (Å²) in [4.78, 5) is 42.5. The molecule has 3 heterocycles. The van der Waals surface area contributed by atoms with Crippen LogP contribution in [-0.4, -0.2) is 64.7 Å². The lowest BCUT2D eigenvalue weighted by Gasteiger charge is -2.38. The molecule has 11 heteroatoms. The van der Waals surface area contributed by atoms with Crippen molar-refractivity contribution in [2.75, 3.05) is 36.6 Å². The van der Waals surface area contributed by atoms with Gasteiger partial charge in [0.15, 0.2) is 0 Å². The number of hydrogen-bond acceptors (Lipinski definition) is 8. The highest BCUT2D eigenvalue weighted by atomic mass is 35.5. The van der Waals surface area contributed by atoms with Crippen LogP contribution >= 0.6 is 11.6 Å². The summed E-state index contributed by atoms with van der Waals surface area (Å²) in [6, 6.07) is 23.6. The van der Waals surface area contributed by atoms with Crippen molar-refractivity contribution >= 4 is 67.9 Å². The van der Waals surface area contributed by atoms with E-state index in [2.05, 4.69) is 20.2 Å². The summed E-state index contributed by atoms with van der Waals surface area (Å²) >= 11 is 5.97. The first-order valence-electron chi connectivity index (χ1n) is 16.2. The van der Waals surface area contributed by atoms with E-state index in [1.807, 2.05) is 54.6 Å². The Kier molecular flexibility index (Phi) is 9.43. The van der Waals surface area contributed by atoms with E-state index in [-0.39, 0.29) is 24.1 Å². The van der Waals surface area contributed by atoms with Gasteiger partial charge >= 0.3 is 0 Å². The number of aldehydes is 1. The molecule has 2 N–H and O–H groups in total. The molecular weight excluding hydrogens is 645 g/mol. The zero-order valence-electron chi connectivity index (χ0n) is 26.5. The fraction of sp³-hybridized carbons (Fsp3) is 0.237. The molecule has 1 aliphatic rings. The van der Waals surface area contributed by atoms with Crippen molar-refractivity contribution in [3.05, 3.63) is 102 Å². The smallest absolute Gasteiger partial charge is 0.235 e. The third-order valence-electron chi connectivity index (χ3n) is 9.03. The number of anilines is 2. The molecule has 2 atom stereocenters. The number of aliphatic hydroxyl groups excluding tert-OH is 1. The molecule has 7 rings (SSSR count). The minimum absolute atomic E-state index is 0.00587. The number of aromatic nitrogens is 3. The second-order valence-corrected chi connectivity index (χ2v) is 12.5. The number of nitrogens with one attached hydrogen (secondary N) is 1. The van der Waals surface area contributed by atoms with E-state index in [4.69, 9.17) is 21.3 Å². The van der Waals surface area contributed by atoms with Crippen LogP contribution in [0.2, 0.25) is 5.02 Å². The summed E-state index contributed by atoms with van der Waals surface area (Å²) < 4.78 is 20.3. The molecule has 1 amide bonds. The lowest BCUT2D eigenvalue weighted by atomic mass is 9.95. The molecule has 0 aliphatic carbocycles. The zero-order valence-corrected chi connectivity index (χ0v) is 27.2. The maximum Gasteiger partial charge on any atom is 0.235 e. The second kappa shape index (κ2) is 14.2. The van der Waals surface area contributed by atoms with Crippen molar-refractivity contribution in [3.63, 3.8) is 0 Å². The molecule has 248 valence electrons. The highest BCUT2D eigenvalue weighted by Crippen LogP contribution is 2.38. The van der Waals surface area contributed by atoms with Crippen LogP contribution in [0.25, 0.3) is 44.0 Å². The predicted molar refractivity (Wildman–Crippen MR) is 189 cm³/mol. The third-order valence-corrected chi connectivity index (χ3v) is 9.33. The highest BCUT2D eigenvalue weighted by Gasteiger charge is 2.28. The van der Waals surface area contributed by atoms with Crippen molar-refractivity contribution in [1.29, 1.82) is 0 Å².